The lowest BCUT2D eigenvalue weighted by atomic mass is 9.98. The van der Waals surface area contributed by atoms with Gasteiger partial charge in [0, 0.05) is 6.54 Å². The third-order valence-corrected chi connectivity index (χ3v) is 4.31. The Hall–Kier alpha value is -1.93. The molecule has 1 nitrogen and oxygen atoms in total. The van der Waals surface area contributed by atoms with E-state index in [4.69, 9.17) is 0 Å². The molecule has 2 aromatic rings. The molecule has 0 fully saturated rings. The summed E-state index contributed by atoms with van der Waals surface area (Å²) in [5, 5.41) is 0. The number of hydrogen-bond donors (Lipinski definition) is 0. The first-order valence-corrected chi connectivity index (χ1v) is 7.82. The molecular formula is C20H22FN. The monoisotopic (exact) mass is 295 g/mol. The Morgan fingerprint density at radius 2 is 1.73 bits per heavy atom. The van der Waals surface area contributed by atoms with E-state index < -0.39 is 0 Å². The number of fused-ring (bicyclic) bond motifs is 1. The van der Waals surface area contributed by atoms with Gasteiger partial charge in [-0.15, -0.1) is 0 Å². The topological polar surface area (TPSA) is 3.24 Å². The predicted octanol–water partition coefficient (Wildman–Crippen LogP) is 4.33. The number of rotatable bonds is 5. The quantitative estimate of drug-likeness (QED) is 0.793. The maximum absolute atomic E-state index is 13.1. The number of nitrogens with zero attached hydrogens (tertiary/aromatic N) is 1. The van der Waals surface area contributed by atoms with E-state index >= 15 is 0 Å². The van der Waals surface area contributed by atoms with Crippen LogP contribution in [0.1, 0.15) is 23.1 Å². The summed E-state index contributed by atoms with van der Waals surface area (Å²) >= 11 is 0. The van der Waals surface area contributed by atoms with E-state index in [-0.39, 0.29) is 5.82 Å². The zero-order valence-corrected chi connectivity index (χ0v) is 13.3. The second kappa shape index (κ2) is 6.45. The van der Waals surface area contributed by atoms with Crippen molar-refractivity contribution in [1.29, 1.82) is 0 Å². The van der Waals surface area contributed by atoms with Crippen LogP contribution in [0.15, 0.2) is 54.1 Å². The molecule has 1 aliphatic rings. The maximum atomic E-state index is 13.1. The predicted molar refractivity (Wildman–Crippen MR) is 90.3 cm³/mol. The van der Waals surface area contributed by atoms with E-state index in [1.165, 1.54) is 27.8 Å². The molecule has 0 saturated carbocycles. The first kappa shape index (κ1) is 15.0. The number of benzene rings is 2. The normalized spacial score (nSPS) is 13.8. The van der Waals surface area contributed by atoms with Crippen LogP contribution in [0, 0.1) is 5.82 Å². The van der Waals surface area contributed by atoms with Crippen molar-refractivity contribution in [2.24, 2.45) is 0 Å². The maximum Gasteiger partial charge on any atom is 0.123 e. The zero-order valence-electron chi connectivity index (χ0n) is 13.3. The van der Waals surface area contributed by atoms with Gasteiger partial charge in [0.15, 0.2) is 0 Å². The lowest BCUT2D eigenvalue weighted by molar-refractivity contribution is 0.419. The highest BCUT2D eigenvalue weighted by Crippen LogP contribution is 2.36. The molecule has 3 rings (SSSR count). The Morgan fingerprint density at radius 3 is 2.45 bits per heavy atom. The highest BCUT2D eigenvalue weighted by molar-refractivity contribution is 5.76. The summed E-state index contributed by atoms with van der Waals surface area (Å²) in [5.41, 5.74) is 6.98. The van der Waals surface area contributed by atoms with Crippen LogP contribution in [0.25, 0.3) is 5.57 Å². The smallest absolute Gasteiger partial charge is 0.123 e. The second-order valence-corrected chi connectivity index (χ2v) is 6.27. The van der Waals surface area contributed by atoms with Gasteiger partial charge in [-0.25, -0.2) is 4.39 Å². The van der Waals surface area contributed by atoms with Gasteiger partial charge >= 0.3 is 0 Å². The molecule has 0 unspecified atom stereocenters. The van der Waals surface area contributed by atoms with Crippen molar-refractivity contribution >= 4 is 5.57 Å². The highest BCUT2D eigenvalue weighted by atomic mass is 19.1. The summed E-state index contributed by atoms with van der Waals surface area (Å²) in [7, 11) is 4.22. The van der Waals surface area contributed by atoms with Crippen molar-refractivity contribution in [2.45, 2.75) is 19.3 Å². The summed E-state index contributed by atoms with van der Waals surface area (Å²) in [4.78, 5) is 2.23. The summed E-state index contributed by atoms with van der Waals surface area (Å²) < 4.78 is 13.1. The molecule has 0 radical (unpaired) electrons. The Balaban J connectivity index is 1.88. The van der Waals surface area contributed by atoms with Gasteiger partial charge in [0.1, 0.15) is 5.82 Å². The molecule has 2 heteroatoms. The van der Waals surface area contributed by atoms with Gasteiger partial charge in [-0.2, -0.15) is 0 Å². The molecule has 2 aromatic carbocycles. The van der Waals surface area contributed by atoms with E-state index in [0.717, 1.165) is 25.8 Å². The van der Waals surface area contributed by atoms with Gasteiger partial charge in [-0.3, -0.25) is 0 Å². The summed E-state index contributed by atoms with van der Waals surface area (Å²) in [6, 6.07) is 15.6. The van der Waals surface area contributed by atoms with E-state index in [0.29, 0.717) is 0 Å². The third-order valence-electron chi connectivity index (χ3n) is 4.31. The molecule has 0 saturated heterocycles. The van der Waals surface area contributed by atoms with E-state index in [9.17, 15) is 4.39 Å². The third kappa shape index (κ3) is 3.28. The van der Waals surface area contributed by atoms with Crippen molar-refractivity contribution < 1.29 is 4.39 Å². The highest BCUT2D eigenvalue weighted by Gasteiger charge is 2.20. The summed E-state index contributed by atoms with van der Waals surface area (Å²) in [6.45, 7) is 1.05. The second-order valence-electron chi connectivity index (χ2n) is 6.27. The van der Waals surface area contributed by atoms with Gasteiger partial charge in [0.2, 0.25) is 0 Å². The van der Waals surface area contributed by atoms with Gasteiger partial charge < -0.3 is 4.90 Å². The van der Waals surface area contributed by atoms with Gasteiger partial charge in [0.25, 0.3) is 0 Å². The lowest BCUT2D eigenvalue weighted by Crippen LogP contribution is -2.13. The van der Waals surface area contributed by atoms with Crippen LogP contribution in [0.3, 0.4) is 0 Å². The van der Waals surface area contributed by atoms with Crippen LogP contribution >= 0.6 is 0 Å². The Labute approximate surface area is 132 Å². The summed E-state index contributed by atoms with van der Waals surface area (Å²) in [5.74, 6) is -0.166. The molecule has 0 spiro atoms. The van der Waals surface area contributed by atoms with Crippen molar-refractivity contribution in [1.82, 2.24) is 4.90 Å². The summed E-state index contributed by atoms with van der Waals surface area (Å²) in [6.07, 6.45) is 3.01. The average Bonchev–Trinajstić information content (AvgIpc) is 2.85. The molecule has 0 bridgehead atoms. The van der Waals surface area contributed by atoms with Gasteiger partial charge in [0.05, 0.1) is 0 Å². The molecule has 0 aliphatic heterocycles. The van der Waals surface area contributed by atoms with Crippen LogP contribution in [-0.2, 0) is 12.8 Å². The molecule has 0 heterocycles. The van der Waals surface area contributed by atoms with E-state index in [2.05, 4.69) is 43.3 Å². The fraction of sp³-hybridized carbons (Fsp3) is 0.300. The number of hydrogen-bond acceptors (Lipinski definition) is 1. The molecule has 1 aliphatic carbocycles. The molecular weight excluding hydrogens is 273 g/mol. The minimum absolute atomic E-state index is 0.166. The van der Waals surface area contributed by atoms with Crippen molar-refractivity contribution in [3.05, 3.63) is 76.6 Å². The van der Waals surface area contributed by atoms with Crippen molar-refractivity contribution in [2.75, 3.05) is 20.6 Å². The average molecular weight is 295 g/mol. The van der Waals surface area contributed by atoms with E-state index in [1.807, 2.05) is 12.1 Å². The fourth-order valence-electron chi connectivity index (χ4n) is 3.16. The van der Waals surface area contributed by atoms with Crippen molar-refractivity contribution in [3.63, 3.8) is 0 Å². The largest absolute Gasteiger partial charge is 0.309 e. The van der Waals surface area contributed by atoms with Crippen LogP contribution in [-0.4, -0.2) is 25.5 Å². The van der Waals surface area contributed by atoms with Crippen LogP contribution in [0.5, 0.6) is 0 Å². The van der Waals surface area contributed by atoms with Crippen LogP contribution < -0.4 is 0 Å². The molecule has 0 N–H and O–H groups in total. The number of allylic oxidation sites excluding steroid dienone is 1. The minimum atomic E-state index is -0.166. The molecule has 0 atom stereocenters. The molecule has 0 aromatic heterocycles. The van der Waals surface area contributed by atoms with Crippen molar-refractivity contribution in [3.8, 4) is 0 Å². The van der Waals surface area contributed by atoms with Crippen LogP contribution in [0.2, 0.25) is 0 Å². The molecule has 114 valence electrons. The van der Waals surface area contributed by atoms with Gasteiger partial charge in [-0.05, 0) is 67.8 Å². The van der Waals surface area contributed by atoms with Crippen LogP contribution in [0.4, 0.5) is 4.39 Å². The van der Waals surface area contributed by atoms with Gasteiger partial charge in [-0.1, -0.05) is 42.0 Å². The minimum Gasteiger partial charge on any atom is -0.309 e. The molecule has 0 amide bonds. The Kier molecular flexibility index (Phi) is 4.39. The first-order chi connectivity index (χ1) is 10.6. The van der Waals surface area contributed by atoms with E-state index in [1.54, 1.807) is 12.1 Å². The fourth-order valence-corrected chi connectivity index (χ4v) is 3.16. The molecule has 22 heavy (non-hydrogen) atoms. The Bertz CT molecular complexity index is 683. The number of halogens is 1. The standard InChI is InChI=1S/C20H22FN/c1-22(2)12-11-20-17(13-15-7-9-18(21)10-8-15)14-16-5-3-4-6-19(16)20/h3-10H,11-14H2,1-2H3. The first-order valence-electron chi connectivity index (χ1n) is 7.82. The lowest BCUT2D eigenvalue weighted by Gasteiger charge is -2.13. The zero-order chi connectivity index (χ0) is 15.5. The Morgan fingerprint density at radius 1 is 1.00 bits per heavy atom. The SMILES string of the molecule is CN(C)CCC1=C(Cc2ccc(F)cc2)Cc2ccccc21.